The first-order valence-electron chi connectivity index (χ1n) is 16.2. The Morgan fingerprint density at radius 1 is 0.980 bits per heavy atom. The fourth-order valence-corrected chi connectivity index (χ4v) is 6.83. The normalized spacial score (nSPS) is 15.0. The fourth-order valence-electron chi connectivity index (χ4n) is 6.17. The Morgan fingerprint density at radius 3 is 2.32 bits per heavy atom. The predicted molar refractivity (Wildman–Crippen MR) is 195 cm³/mol. The van der Waals surface area contributed by atoms with E-state index in [4.69, 9.17) is 37.7 Å². The molecule has 0 saturated carbocycles. The molecule has 0 aliphatic carbocycles. The van der Waals surface area contributed by atoms with Gasteiger partial charge in [0.05, 0.1) is 47.8 Å². The van der Waals surface area contributed by atoms with Crippen LogP contribution in [0.5, 0.6) is 11.8 Å². The summed E-state index contributed by atoms with van der Waals surface area (Å²) in [4.78, 5) is 36.6. The number of rotatable bonds is 12. The maximum Gasteiger partial charge on any atom is 0.266 e. The number of carbonyl (C=O) groups excluding carboxylic acids is 1. The number of fused-ring (bicyclic) bond motifs is 1. The lowest BCUT2D eigenvalue weighted by atomic mass is 9.97. The number of pyridine rings is 2. The lowest BCUT2D eigenvalue weighted by Crippen LogP contribution is -2.40. The van der Waals surface area contributed by atoms with Crippen molar-refractivity contribution in [1.29, 1.82) is 0 Å². The van der Waals surface area contributed by atoms with Crippen molar-refractivity contribution in [2.24, 2.45) is 0 Å². The molecule has 3 aromatic heterocycles. The summed E-state index contributed by atoms with van der Waals surface area (Å²) in [6.07, 6.45) is 2.35. The summed E-state index contributed by atoms with van der Waals surface area (Å²) >= 11 is 14.2. The number of hydrogen-bond acceptors (Lipinski definition) is 9. The number of aliphatic hydroxyl groups excluding tert-OH is 1. The summed E-state index contributed by atoms with van der Waals surface area (Å²) in [5.41, 5.74) is 5.66. The molecule has 0 bridgehead atoms. The average Bonchev–Trinajstić information content (AvgIpc) is 3.55. The molecule has 1 saturated heterocycles. The van der Waals surface area contributed by atoms with Crippen LogP contribution in [0.15, 0.2) is 71.7 Å². The molecule has 3 N–H and O–H groups in total. The van der Waals surface area contributed by atoms with Crippen LogP contribution in [-0.2, 0) is 17.9 Å². The van der Waals surface area contributed by atoms with Crippen molar-refractivity contribution in [3.8, 4) is 45.3 Å². The van der Waals surface area contributed by atoms with Gasteiger partial charge >= 0.3 is 0 Å². The van der Waals surface area contributed by atoms with E-state index in [0.29, 0.717) is 57.9 Å². The van der Waals surface area contributed by atoms with Crippen LogP contribution in [0.4, 0.5) is 0 Å². The number of methoxy groups -OCH3 is 2. The van der Waals surface area contributed by atoms with Gasteiger partial charge < -0.3 is 25.2 Å². The molecule has 11 nitrogen and oxygen atoms in total. The third-order valence-corrected chi connectivity index (χ3v) is 9.57. The van der Waals surface area contributed by atoms with Crippen molar-refractivity contribution in [2.45, 2.75) is 45.1 Å². The van der Waals surface area contributed by atoms with E-state index >= 15 is 0 Å². The molecule has 1 amide bonds. The van der Waals surface area contributed by atoms with Crippen molar-refractivity contribution in [3.05, 3.63) is 98.4 Å². The van der Waals surface area contributed by atoms with Crippen LogP contribution >= 0.6 is 23.2 Å². The van der Waals surface area contributed by atoms with Crippen LogP contribution in [0.2, 0.25) is 10.0 Å². The van der Waals surface area contributed by atoms with E-state index in [9.17, 15) is 14.7 Å². The van der Waals surface area contributed by atoms with Crippen molar-refractivity contribution in [3.63, 3.8) is 0 Å². The zero-order valence-electron chi connectivity index (χ0n) is 28.2. The summed E-state index contributed by atoms with van der Waals surface area (Å²) in [7, 11) is 5.01. The minimum atomic E-state index is -0.559. The highest BCUT2D eigenvalue weighted by atomic mass is 35.5. The van der Waals surface area contributed by atoms with Gasteiger partial charge in [-0.2, -0.15) is 4.98 Å². The number of ether oxygens (including phenoxy) is 2. The number of halogens is 2. The van der Waals surface area contributed by atoms with Gasteiger partial charge in [0.1, 0.15) is 5.65 Å². The number of aliphatic hydroxyl groups is 1. The second-order valence-electron chi connectivity index (χ2n) is 12.3. The Hall–Kier alpha value is -4.52. The largest absolute Gasteiger partial charge is 0.481 e. The second kappa shape index (κ2) is 15.2. The molecule has 260 valence electrons. The van der Waals surface area contributed by atoms with Gasteiger partial charge in [0.25, 0.3) is 5.56 Å². The van der Waals surface area contributed by atoms with Gasteiger partial charge in [-0.3, -0.25) is 18.9 Å². The van der Waals surface area contributed by atoms with E-state index in [-0.39, 0.29) is 30.1 Å². The first kappa shape index (κ1) is 35.3. The molecule has 0 spiro atoms. The summed E-state index contributed by atoms with van der Waals surface area (Å²) in [6, 6.07) is 18.9. The lowest BCUT2D eigenvalue weighted by Gasteiger charge is -2.24. The number of aromatic nitrogens is 3. The molecule has 13 heteroatoms. The van der Waals surface area contributed by atoms with Crippen LogP contribution in [0.3, 0.4) is 0 Å². The van der Waals surface area contributed by atoms with Gasteiger partial charge in [0.2, 0.25) is 17.7 Å². The number of benzene rings is 2. The van der Waals surface area contributed by atoms with Crippen LogP contribution in [-0.4, -0.2) is 70.4 Å². The number of hydrogen-bond donors (Lipinski definition) is 3. The van der Waals surface area contributed by atoms with Crippen molar-refractivity contribution < 1.29 is 19.4 Å². The van der Waals surface area contributed by atoms with Crippen molar-refractivity contribution >= 4 is 34.8 Å². The summed E-state index contributed by atoms with van der Waals surface area (Å²) in [5, 5.41) is 16.6. The molecule has 2 aromatic carbocycles. The van der Waals surface area contributed by atoms with Crippen LogP contribution in [0.25, 0.3) is 39.2 Å². The molecular weight excluding hydrogens is 679 g/mol. The molecule has 2 atom stereocenters. The Labute approximate surface area is 299 Å². The van der Waals surface area contributed by atoms with Gasteiger partial charge in [0.15, 0.2) is 0 Å². The van der Waals surface area contributed by atoms with Crippen molar-refractivity contribution in [2.75, 3.05) is 27.8 Å². The first-order chi connectivity index (χ1) is 24.1. The highest BCUT2D eigenvalue weighted by molar-refractivity contribution is 6.39. The Balaban J connectivity index is 1.31. The fraction of sp³-hybridized carbons (Fsp3) is 0.297. The highest BCUT2D eigenvalue weighted by Crippen LogP contribution is 2.42. The molecular formula is C37H38Cl2N6O5. The van der Waals surface area contributed by atoms with E-state index in [1.807, 2.05) is 61.6 Å². The third-order valence-electron chi connectivity index (χ3n) is 8.75. The van der Waals surface area contributed by atoms with Gasteiger partial charge in [-0.25, -0.2) is 4.98 Å². The number of nitrogens with one attached hydrogen (secondary N) is 2. The van der Waals surface area contributed by atoms with Crippen LogP contribution in [0.1, 0.15) is 30.9 Å². The molecule has 1 fully saturated rings. The minimum absolute atomic E-state index is 0.0301. The van der Waals surface area contributed by atoms with Crippen LogP contribution in [0, 0.1) is 0 Å². The Kier molecular flexibility index (Phi) is 10.7. The Bertz CT molecular complexity index is 2120. The summed E-state index contributed by atoms with van der Waals surface area (Å²) in [5.74, 6) is 0.743. The van der Waals surface area contributed by atoms with E-state index in [0.717, 1.165) is 34.2 Å². The number of carbonyl (C=O) groups is 1. The Morgan fingerprint density at radius 2 is 1.66 bits per heavy atom. The molecule has 1 aliphatic rings. The zero-order chi connectivity index (χ0) is 35.5. The van der Waals surface area contributed by atoms with E-state index < -0.39 is 6.10 Å². The smallest absolute Gasteiger partial charge is 0.266 e. The average molecular weight is 718 g/mol. The van der Waals surface area contributed by atoms with E-state index in [2.05, 4.69) is 20.5 Å². The lowest BCUT2D eigenvalue weighted by molar-refractivity contribution is -0.119. The highest BCUT2D eigenvalue weighted by Gasteiger charge is 2.25. The molecule has 1 aliphatic heterocycles. The molecule has 0 unspecified atom stereocenters. The van der Waals surface area contributed by atoms with Gasteiger partial charge in [-0.15, -0.1) is 0 Å². The number of nitrogens with zero attached hydrogens (tertiary/aromatic N) is 4. The summed E-state index contributed by atoms with van der Waals surface area (Å²) in [6.45, 7) is 2.73. The SMILES string of the molecule is COc1nc(-c2cccc(-c3cccc(-c4ccn5c(=O)c(CNC[C@H](C)O)c(OC)nc5c4)c3Cl)c2Cl)ccc1CN(C)[C@H]1CCC(=O)N1. The zero-order valence-corrected chi connectivity index (χ0v) is 29.7. The summed E-state index contributed by atoms with van der Waals surface area (Å²) < 4.78 is 12.6. The maximum atomic E-state index is 13.4. The first-order valence-corrected chi connectivity index (χ1v) is 16.9. The minimum Gasteiger partial charge on any atom is -0.481 e. The predicted octanol–water partition coefficient (Wildman–Crippen LogP) is 5.55. The molecule has 4 heterocycles. The molecule has 6 rings (SSSR count). The third kappa shape index (κ3) is 7.19. The second-order valence-corrected chi connectivity index (χ2v) is 13.0. The quantitative estimate of drug-likeness (QED) is 0.152. The standard InChI is InChI=1S/C37H38Cl2N6O5/c1-21(46)18-40-19-28-36(50-4)43-31-17-22(15-16-45(31)37(28)48)24-7-5-8-25(33(24)38)26-9-6-10-27(34(26)39)29-12-11-23(35(41-29)49-3)20-44(2)30-13-14-32(47)42-30/h5-12,15-17,21,30,40,46H,13-14,18-20H2,1-4H3,(H,42,47)/t21-,30-/m0/s1. The molecule has 0 radical (unpaired) electrons. The molecule has 5 aromatic rings. The molecule has 50 heavy (non-hydrogen) atoms. The van der Waals surface area contributed by atoms with E-state index in [1.54, 1.807) is 26.3 Å². The monoisotopic (exact) mass is 716 g/mol. The van der Waals surface area contributed by atoms with Gasteiger partial charge in [-0.05, 0) is 44.2 Å². The van der Waals surface area contributed by atoms with Crippen LogP contribution < -0.4 is 25.7 Å². The topological polar surface area (TPSA) is 130 Å². The van der Waals surface area contributed by atoms with E-state index in [1.165, 1.54) is 11.5 Å². The van der Waals surface area contributed by atoms with Crippen molar-refractivity contribution in [1.82, 2.24) is 29.9 Å². The van der Waals surface area contributed by atoms with Gasteiger partial charge in [0, 0.05) is 60.1 Å². The number of amides is 1. The maximum absolute atomic E-state index is 13.4. The van der Waals surface area contributed by atoms with Gasteiger partial charge in [-0.1, -0.05) is 65.7 Å².